The molecule has 0 aliphatic heterocycles. The van der Waals surface area contributed by atoms with Crippen LogP contribution in [0.25, 0.3) is 0 Å². The van der Waals surface area contributed by atoms with Crippen molar-refractivity contribution < 1.29 is 13.5 Å². The van der Waals surface area contributed by atoms with E-state index in [9.17, 15) is 8.78 Å². The van der Waals surface area contributed by atoms with Crippen molar-refractivity contribution >= 4 is 0 Å². The number of aryl methyl sites for hydroxylation is 1. The molecular formula is C12H17F2NO. The molecule has 0 amide bonds. The molecule has 0 unspecified atom stereocenters. The molecule has 1 aromatic carbocycles. The normalized spacial score (nSPS) is 10.9. The van der Waals surface area contributed by atoms with Crippen molar-refractivity contribution in [2.24, 2.45) is 0 Å². The van der Waals surface area contributed by atoms with E-state index in [1.807, 2.05) is 19.0 Å². The molecule has 0 heterocycles. The molecule has 4 heteroatoms. The molecular weight excluding hydrogens is 212 g/mol. The molecule has 1 rings (SSSR count). The molecule has 0 fully saturated rings. The minimum atomic E-state index is -0.510. The van der Waals surface area contributed by atoms with E-state index in [4.69, 9.17) is 4.74 Å². The minimum Gasteiger partial charge on any atom is -0.494 e. The van der Waals surface area contributed by atoms with E-state index in [1.165, 1.54) is 13.2 Å². The Hall–Kier alpha value is -1.16. The Balaban J connectivity index is 2.70. The monoisotopic (exact) mass is 229 g/mol. The minimum absolute atomic E-state index is 0.0474. The Bertz CT molecular complexity index is 353. The Kier molecular flexibility index (Phi) is 4.68. The topological polar surface area (TPSA) is 12.5 Å². The molecule has 16 heavy (non-hydrogen) atoms. The molecule has 0 N–H and O–H groups in total. The van der Waals surface area contributed by atoms with E-state index in [0.717, 1.165) is 19.0 Å². The zero-order valence-corrected chi connectivity index (χ0v) is 9.89. The van der Waals surface area contributed by atoms with Gasteiger partial charge in [-0.25, -0.2) is 8.78 Å². The maximum atomic E-state index is 13.5. The molecule has 0 atom stereocenters. The van der Waals surface area contributed by atoms with Gasteiger partial charge in [0.25, 0.3) is 0 Å². The molecule has 0 aliphatic carbocycles. The van der Waals surface area contributed by atoms with E-state index in [-0.39, 0.29) is 5.75 Å². The quantitative estimate of drug-likeness (QED) is 0.769. The number of rotatable bonds is 5. The third-order valence-corrected chi connectivity index (χ3v) is 2.37. The lowest BCUT2D eigenvalue weighted by Crippen LogP contribution is -2.13. The van der Waals surface area contributed by atoms with Gasteiger partial charge in [0, 0.05) is 6.07 Å². The first-order valence-electron chi connectivity index (χ1n) is 5.21. The van der Waals surface area contributed by atoms with Gasteiger partial charge in [-0.3, -0.25) is 0 Å². The van der Waals surface area contributed by atoms with Crippen LogP contribution in [0.5, 0.6) is 5.75 Å². The fourth-order valence-corrected chi connectivity index (χ4v) is 1.50. The summed E-state index contributed by atoms with van der Waals surface area (Å²) in [7, 11) is 5.22. The van der Waals surface area contributed by atoms with E-state index in [2.05, 4.69) is 0 Å². The number of ether oxygens (including phenoxy) is 1. The highest BCUT2D eigenvalue weighted by molar-refractivity contribution is 5.30. The van der Waals surface area contributed by atoms with Crippen LogP contribution in [-0.2, 0) is 6.42 Å². The molecule has 90 valence electrons. The smallest absolute Gasteiger partial charge is 0.165 e. The Morgan fingerprint density at radius 3 is 2.44 bits per heavy atom. The molecule has 0 aromatic heterocycles. The van der Waals surface area contributed by atoms with Crippen molar-refractivity contribution in [3.8, 4) is 5.75 Å². The fourth-order valence-electron chi connectivity index (χ4n) is 1.50. The van der Waals surface area contributed by atoms with Crippen molar-refractivity contribution in [2.75, 3.05) is 27.7 Å². The third kappa shape index (κ3) is 3.45. The van der Waals surface area contributed by atoms with Crippen molar-refractivity contribution in [1.29, 1.82) is 0 Å². The summed E-state index contributed by atoms with van der Waals surface area (Å²) in [5, 5.41) is 0. The second kappa shape index (κ2) is 5.80. The first-order valence-corrected chi connectivity index (χ1v) is 5.21. The van der Waals surface area contributed by atoms with Gasteiger partial charge in [0.05, 0.1) is 7.11 Å². The number of halogens is 2. The van der Waals surface area contributed by atoms with E-state index >= 15 is 0 Å². The molecule has 0 spiro atoms. The summed E-state index contributed by atoms with van der Waals surface area (Å²) in [6.07, 6.45) is 1.33. The number of methoxy groups -OCH3 is 1. The second-order valence-corrected chi connectivity index (χ2v) is 3.98. The number of benzene rings is 1. The number of hydrogen-bond acceptors (Lipinski definition) is 2. The van der Waals surface area contributed by atoms with E-state index in [1.54, 1.807) is 0 Å². The summed E-state index contributed by atoms with van der Waals surface area (Å²) in [6.45, 7) is 0.854. The van der Waals surface area contributed by atoms with Crippen molar-refractivity contribution in [1.82, 2.24) is 4.90 Å². The second-order valence-electron chi connectivity index (χ2n) is 3.98. The van der Waals surface area contributed by atoms with Crippen LogP contribution < -0.4 is 4.74 Å². The van der Waals surface area contributed by atoms with Crippen LogP contribution in [0.4, 0.5) is 8.78 Å². The molecule has 0 radical (unpaired) electrons. The number of nitrogens with zero attached hydrogens (tertiary/aromatic N) is 1. The van der Waals surface area contributed by atoms with Crippen LogP contribution in [-0.4, -0.2) is 32.6 Å². The maximum absolute atomic E-state index is 13.5. The van der Waals surface area contributed by atoms with Crippen molar-refractivity contribution in [2.45, 2.75) is 12.8 Å². The number of hydrogen-bond donors (Lipinski definition) is 0. The van der Waals surface area contributed by atoms with E-state index in [0.29, 0.717) is 12.0 Å². The summed E-state index contributed by atoms with van der Waals surface area (Å²) in [5.74, 6) is -0.963. The van der Waals surface area contributed by atoms with Crippen molar-refractivity contribution in [3.05, 3.63) is 29.3 Å². The first-order chi connectivity index (χ1) is 7.54. The van der Waals surface area contributed by atoms with Crippen LogP contribution in [0, 0.1) is 11.6 Å². The zero-order chi connectivity index (χ0) is 12.1. The lowest BCUT2D eigenvalue weighted by molar-refractivity contribution is 0.380. The molecule has 2 nitrogen and oxygen atoms in total. The third-order valence-electron chi connectivity index (χ3n) is 2.37. The Morgan fingerprint density at radius 1 is 1.19 bits per heavy atom. The van der Waals surface area contributed by atoms with Crippen LogP contribution in [0.3, 0.4) is 0 Å². The van der Waals surface area contributed by atoms with Crippen LogP contribution in [0.2, 0.25) is 0 Å². The average Bonchev–Trinajstić information content (AvgIpc) is 2.22. The lowest BCUT2D eigenvalue weighted by atomic mass is 10.1. The fraction of sp³-hybridized carbons (Fsp3) is 0.500. The molecule has 0 aliphatic rings. The summed E-state index contributed by atoms with van der Waals surface area (Å²) in [6, 6.07) is 2.31. The lowest BCUT2D eigenvalue weighted by Gasteiger charge is -2.10. The first kappa shape index (κ1) is 12.9. The van der Waals surface area contributed by atoms with Gasteiger partial charge in [-0.2, -0.15) is 0 Å². The highest BCUT2D eigenvalue weighted by atomic mass is 19.1. The standard InChI is InChI=1S/C12H17F2NO/c1-15(2)6-4-5-9-7-11(14)12(16-3)8-10(9)13/h7-8H,4-6H2,1-3H3. The summed E-state index contributed by atoms with van der Waals surface area (Å²) in [4.78, 5) is 2.01. The van der Waals surface area contributed by atoms with Gasteiger partial charge in [0.15, 0.2) is 11.6 Å². The van der Waals surface area contributed by atoms with Gasteiger partial charge in [-0.05, 0) is 45.1 Å². The van der Waals surface area contributed by atoms with Gasteiger partial charge in [-0.15, -0.1) is 0 Å². The van der Waals surface area contributed by atoms with Crippen LogP contribution >= 0.6 is 0 Å². The van der Waals surface area contributed by atoms with Gasteiger partial charge >= 0.3 is 0 Å². The van der Waals surface area contributed by atoms with Crippen LogP contribution in [0.15, 0.2) is 12.1 Å². The molecule has 0 bridgehead atoms. The highest BCUT2D eigenvalue weighted by Gasteiger charge is 2.09. The predicted molar refractivity (Wildman–Crippen MR) is 59.8 cm³/mol. The summed E-state index contributed by atoms with van der Waals surface area (Å²) < 4.78 is 31.5. The average molecular weight is 229 g/mol. The predicted octanol–water partition coefficient (Wildman–Crippen LogP) is 2.47. The largest absolute Gasteiger partial charge is 0.494 e. The SMILES string of the molecule is COc1cc(F)c(CCCN(C)C)cc1F. The highest BCUT2D eigenvalue weighted by Crippen LogP contribution is 2.22. The molecule has 1 aromatic rings. The van der Waals surface area contributed by atoms with Gasteiger partial charge < -0.3 is 9.64 Å². The van der Waals surface area contributed by atoms with Crippen LogP contribution in [0.1, 0.15) is 12.0 Å². The van der Waals surface area contributed by atoms with Crippen molar-refractivity contribution in [3.63, 3.8) is 0 Å². The van der Waals surface area contributed by atoms with Gasteiger partial charge in [0.2, 0.25) is 0 Å². The van der Waals surface area contributed by atoms with Gasteiger partial charge in [-0.1, -0.05) is 0 Å². The Labute approximate surface area is 94.8 Å². The molecule has 0 saturated carbocycles. The van der Waals surface area contributed by atoms with E-state index < -0.39 is 11.6 Å². The summed E-state index contributed by atoms with van der Waals surface area (Å²) in [5.41, 5.74) is 0.403. The van der Waals surface area contributed by atoms with Gasteiger partial charge in [0.1, 0.15) is 5.82 Å². The molecule has 0 saturated heterocycles. The summed E-state index contributed by atoms with van der Waals surface area (Å²) >= 11 is 0. The maximum Gasteiger partial charge on any atom is 0.165 e. The Morgan fingerprint density at radius 2 is 1.88 bits per heavy atom. The zero-order valence-electron chi connectivity index (χ0n) is 9.89.